The maximum Gasteiger partial charge on any atom is 0.326 e. The fourth-order valence-corrected chi connectivity index (χ4v) is 4.95. The molecule has 0 bridgehead atoms. The number of carboxylic acid groups (broad SMARTS) is 1. The molecule has 0 unspecified atom stereocenters. The third-order valence-electron chi connectivity index (χ3n) is 7.00. The number of carboxylic acids is 1. The average molecular weight is 537 g/mol. The molecule has 3 amide bonds. The van der Waals surface area contributed by atoms with Crippen LogP contribution >= 0.6 is 0 Å². The predicted molar refractivity (Wildman–Crippen MR) is 150 cm³/mol. The van der Waals surface area contributed by atoms with Crippen molar-refractivity contribution in [1.29, 1.82) is 0 Å². The van der Waals surface area contributed by atoms with Crippen LogP contribution in [0.3, 0.4) is 0 Å². The van der Waals surface area contributed by atoms with Gasteiger partial charge in [0.05, 0.1) is 11.1 Å². The first kappa shape index (κ1) is 26.6. The summed E-state index contributed by atoms with van der Waals surface area (Å²) in [5.74, 6) is -2.19. The van der Waals surface area contributed by atoms with Crippen LogP contribution in [0.1, 0.15) is 39.1 Å². The molecule has 9 nitrogen and oxygen atoms in total. The highest BCUT2D eigenvalue weighted by Crippen LogP contribution is 2.22. The van der Waals surface area contributed by atoms with Gasteiger partial charge in [0.15, 0.2) is 0 Å². The molecule has 1 aliphatic rings. The number of para-hydroxylation sites is 1. The van der Waals surface area contributed by atoms with Crippen LogP contribution in [0.25, 0.3) is 10.9 Å². The number of pyridine rings is 1. The molecule has 2 atom stereocenters. The Bertz CT molecular complexity index is 1550. The highest BCUT2D eigenvalue weighted by atomic mass is 16.4. The molecule has 3 N–H and O–H groups in total. The molecule has 1 aromatic heterocycles. The quantitative estimate of drug-likeness (QED) is 0.313. The second-order valence-electron chi connectivity index (χ2n) is 9.65. The van der Waals surface area contributed by atoms with Crippen molar-refractivity contribution in [2.75, 3.05) is 11.9 Å². The summed E-state index contributed by atoms with van der Waals surface area (Å²) in [6, 6.07) is 22.7. The number of aromatic nitrogens is 1. The van der Waals surface area contributed by atoms with Crippen LogP contribution in [-0.4, -0.2) is 57.3 Å². The van der Waals surface area contributed by atoms with E-state index in [2.05, 4.69) is 15.6 Å². The molecule has 2 heterocycles. The van der Waals surface area contributed by atoms with Gasteiger partial charge in [-0.25, -0.2) is 4.79 Å². The van der Waals surface area contributed by atoms with E-state index in [1.54, 1.807) is 60.8 Å². The van der Waals surface area contributed by atoms with Crippen LogP contribution in [0.4, 0.5) is 5.69 Å². The number of nitrogens with one attached hydrogen (secondary N) is 2. The molecule has 1 fully saturated rings. The van der Waals surface area contributed by atoms with Gasteiger partial charge in [0.1, 0.15) is 12.1 Å². The topological polar surface area (TPSA) is 129 Å². The lowest BCUT2D eigenvalue weighted by atomic mass is 10.0. The van der Waals surface area contributed by atoms with Gasteiger partial charge >= 0.3 is 5.97 Å². The van der Waals surface area contributed by atoms with Gasteiger partial charge in [-0.1, -0.05) is 48.5 Å². The molecule has 1 aliphatic heterocycles. The number of hydrogen-bond donors (Lipinski definition) is 3. The zero-order chi connectivity index (χ0) is 28.1. The zero-order valence-electron chi connectivity index (χ0n) is 21.6. The van der Waals surface area contributed by atoms with E-state index in [0.29, 0.717) is 41.8 Å². The van der Waals surface area contributed by atoms with Crippen LogP contribution in [0.15, 0.2) is 91.1 Å². The molecule has 0 saturated carbocycles. The van der Waals surface area contributed by atoms with Crippen molar-refractivity contribution in [3.63, 3.8) is 0 Å². The second-order valence-corrected chi connectivity index (χ2v) is 9.65. The molecule has 5 rings (SSSR count). The van der Waals surface area contributed by atoms with Gasteiger partial charge in [0.2, 0.25) is 5.91 Å². The number of anilines is 1. The Balaban J connectivity index is 1.22. The number of rotatable bonds is 8. The van der Waals surface area contributed by atoms with Crippen molar-refractivity contribution in [2.45, 2.75) is 31.3 Å². The molecule has 0 radical (unpaired) electrons. The van der Waals surface area contributed by atoms with Crippen LogP contribution in [0.2, 0.25) is 0 Å². The smallest absolute Gasteiger partial charge is 0.326 e. The van der Waals surface area contributed by atoms with E-state index in [1.807, 2.05) is 30.3 Å². The highest BCUT2D eigenvalue weighted by molar-refractivity contribution is 6.12. The number of fused-ring (bicyclic) bond motifs is 1. The number of hydrogen-bond acceptors (Lipinski definition) is 5. The first-order chi connectivity index (χ1) is 19.4. The van der Waals surface area contributed by atoms with E-state index < -0.39 is 24.0 Å². The summed E-state index contributed by atoms with van der Waals surface area (Å²) in [6.07, 6.45) is 2.77. The van der Waals surface area contributed by atoms with E-state index in [-0.39, 0.29) is 18.2 Å². The molecule has 9 heteroatoms. The molecule has 202 valence electrons. The zero-order valence-corrected chi connectivity index (χ0v) is 21.6. The Morgan fingerprint density at radius 1 is 0.925 bits per heavy atom. The van der Waals surface area contributed by atoms with Crippen molar-refractivity contribution >= 4 is 40.3 Å². The van der Waals surface area contributed by atoms with Crippen molar-refractivity contribution in [2.24, 2.45) is 0 Å². The van der Waals surface area contributed by atoms with Gasteiger partial charge in [0.25, 0.3) is 11.8 Å². The van der Waals surface area contributed by atoms with Gasteiger partial charge < -0.3 is 20.6 Å². The second kappa shape index (κ2) is 11.8. The van der Waals surface area contributed by atoms with Crippen molar-refractivity contribution in [1.82, 2.24) is 15.2 Å². The maximum absolute atomic E-state index is 13.1. The standard InChI is InChI=1S/C31H28N4O5/c36-28(24-16-17-32-25-10-5-4-9-23(24)25)33-22-14-12-20(13-15-22)19-26(31(39)40)34-29(37)27-11-6-18-35(27)30(38)21-7-2-1-3-8-21/h1-5,7-10,12-17,26-27H,6,11,18-19H2,(H,33,36)(H,34,37)(H,39,40)/t26-,27-/m0/s1. The van der Waals surface area contributed by atoms with Crippen molar-refractivity contribution in [3.05, 3.63) is 108 Å². The van der Waals surface area contributed by atoms with E-state index in [0.717, 1.165) is 10.9 Å². The van der Waals surface area contributed by atoms with Gasteiger partial charge in [-0.3, -0.25) is 19.4 Å². The minimum Gasteiger partial charge on any atom is -0.480 e. The summed E-state index contributed by atoms with van der Waals surface area (Å²) >= 11 is 0. The van der Waals surface area contributed by atoms with Gasteiger partial charge in [0, 0.05) is 35.8 Å². The normalized spacial score (nSPS) is 15.4. The van der Waals surface area contributed by atoms with E-state index in [4.69, 9.17) is 0 Å². The predicted octanol–water partition coefficient (Wildman–Crippen LogP) is 3.90. The van der Waals surface area contributed by atoms with Crippen molar-refractivity contribution < 1.29 is 24.3 Å². The molecule has 0 aliphatic carbocycles. The Morgan fingerprint density at radius 3 is 2.40 bits per heavy atom. The van der Waals surface area contributed by atoms with Crippen LogP contribution < -0.4 is 10.6 Å². The summed E-state index contributed by atoms with van der Waals surface area (Å²) < 4.78 is 0. The maximum atomic E-state index is 13.1. The number of likely N-dealkylation sites (tertiary alicyclic amines) is 1. The molecular weight excluding hydrogens is 508 g/mol. The van der Waals surface area contributed by atoms with Crippen LogP contribution in [0.5, 0.6) is 0 Å². The Morgan fingerprint density at radius 2 is 1.65 bits per heavy atom. The Kier molecular flexibility index (Phi) is 7.82. The lowest BCUT2D eigenvalue weighted by Crippen LogP contribution is -2.51. The molecular formula is C31H28N4O5. The number of aliphatic carboxylic acids is 1. The van der Waals surface area contributed by atoms with Gasteiger partial charge in [-0.15, -0.1) is 0 Å². The van der Waals surface area contributed by atoms with E-state index >= 15 is 0 Å². The summed E-state index contributed by atoms with van der Waals surface area (Å²) in [5.41, 5.74) is 2.92. The fourth-order valence-electron chi connectivity index (χ4n) is 4.95. The minimum absolute atomic E-state index is 0.0453. The highest BCUT2D eigenvalue weighted by Gasteiger charge is 2.36. The number of nitrogens with zero attached hydrogens (tertiary/aromatic N) is 2. The molecule has 0 spiro atoms. The largest absolute Gasteiger partial charge is 0.480 e. The molecule has 1 saturated heterocycles. The molecule has 4 aromatic rings. The van der Waals surface area contributed by atoms with E-state index in [9.17, 15) is 24.3 Å². The first-order valence-electron chi connectivity index (χ1n) is 13.0. The molecule has 3 aromatic carbocycles. The summed E-state index contributed by atoms with van der Waals surface area (Å²) in [7, 11) is 0. The summed E-state index contributed by atoms with van der Waals surface area (Å²) in [5, 5.41) is 16.0. The lowest BCUT2D eigenvalue weighted by Gasteiger charge is -2.25. The lowest BCUT2D eigenvalue weighted by molar-refractivity contribution is -0.142. The Hall–Kier alpha value is -5.05. The van der Waals surface area contributed by atoms with Crippen LogP contribution in [0, 0.1) is 0 Å². The number of amides is 3. The van der Waals surface area contributed by atoms with Gasteiger partial charge in [-0.2, -0.15) is 0 Å². The van der Waals surface area contributed by atoms with Gasteiger partial charge in [-0.05, 0) is 54.8 Å². The third-order valence-corrected chi connectivity index (χ3v) is 7.00. The number of carbonyl (C=O) groups is 4. The Labute approximate surface area is 230 Å². The molecule has 40 heavy (non-hydrogen) atoms. The van der Waals surface area contributed by atoms with Crippen molar-refractivity contribution in [3.8, 4) is 0 Å². The summed E-state index contributed by atoms with van der Waals surface area (Å²) in [4.78, 5) is 56.7. The first-order valence-corrected chi connectivity index (χ1v) is 13.0. The average Bonchev–Trinajstić information content (AvgIpc) is 3.48. The fraction of sp³-hybridized carbons (Fsp3) is 0.194. The summed E-state index contributed by atoms with van der Waals surface area (Å²) in [6.45, 7) is 0.437. The SMILES string of the molecule is O=C(Nc1ccc(C[C@H](NC(=O)[C@@H]2CCCN2C(=O)c2ccccc2)C(=O)O)cc1)c1ccnc2ccccc12. The van der Waals surface area contributed by atoms with Crippen LogP contribution in [-0.2, 0) is 16.0 Å². The monoisotopic (exact) mass is 536 g/mol. The minimum atomic E-state index is -1.18. The number of benzene rings is 3. The third kappa shape index (κ3) is 5.83. The van der Waals surface area contributed by atoms with E-state index in [1.165, 1.54) is 4.90 Å². The number of carbonyl (C=O) groups excluding carboxylic acids is 3.